The van der Waals surface area contributed by atoms with Crippen LogP contribution >= 0.6 is 0 Å². The Morgan fingerprint density at radius 3 is 1.59 bits per heavy atom. The lowest BCUT2D eigenvalue weighted by atomic mass is 9.59. The normalized spacial score (nSPS) is 23.3. The first-order chi connectivity index (χ1) is 9.69. The monoisotopic (exact) mass is 313 g/mol. The second-order valence-electron chi connectivity index (χ2n) is 7.83. The van der Waals surface area contributed by atoms with Gasteiger partial charge < -0.3 is 10.2 Å². The van der Waals surface area contributed by atoms with Gasteiger partial charge in [0.05, 0.1) is 4.92 Å². The van der Waals surface area contributed by atoms with Crippen molar-refractivity contribution in [3.8, 4) is 0 Å². The van der Waals surface area contributed by atoms with Gasteiger partial charge in [-0.3, -0.25) is 19.7 Å². The van der Waals surface area contributed by atoms with Gasteiger partial charge in [0, 0.05) is 11.3 Å². The van der Waals surface area contributed by atoms with Crippen LogP contribution in [0.5, 0.6) is 0 Å². The summed E-state index contributed by atoms with van der Waals surface area (Å²) in [6.45, 7) is 10.7. The van der Waals surface area contributed by atoms with Gasteiger partial charge in [0.15, 0.2) is 5.41 Å². The number of allylic oxidation sites excluding steroid dienone is 1. The molecule has 0 aromatic heterocycles. The molecule has 1 unspecified atom stereocenters. The molecule has 7 nitrogen and oxygen atoms in total. The first-order valence-electron chi connectivity index (χ1n) is 6.97. The van der Waals surface area contributed by atoms with E-state index in [1.54, 1.807) is 41.5 Å². The maximum absolute atomic E-state index is 11.9. The van der Waals surface area contributed by atoms with Gasteiger partial charge in [-0.05, 0) is 16.9 Å². The highest BCUT2D eigenvalue weighted by atomic mass is 16.6. The average molecular weight is 313 g/mol. The van der Waals surface area contributed by atoms with Crippen LogP contribution in [-0.2, 0) is 9.59 Å². The summed E-state index contributed by atoms with van der Waals surface area (Å²) < 4.78 is 0. The SMILES string of the molecule is CC(C)(C)C1(C(C)(C)C)C(/C=C/[N+](=O)[O-])C1(C(=O)O)C(=O)O. The molecule has 1 saturated carbocycles. The van der Waals surface area contributed by atoms with E-state index in [9.17, 15) is 29.9 Å². The molecule has 0 spiro atoms. The number of hydrogen-bond donors (Lipinski definition) is 2. The molecule has 0 bridgehead atoms. The fraction of sp³-hybridized carbons (Fsp3) is 0.733. The van der Waals surface area contributed by atoms with Crippen molar-refractivity contribution in [2.75, 3.05) is 0 Å². The molecule has 0 aromatic carbocycles. The third kappa shape index (κ3) is 1.94. The van der Waals surface area contributed by atoms with E-state index in [0.29, 0.717) is 6.20 Å². The van der Waals surface area contributed by atoms with Crippen LogP contribution in [0.2, 0.25) is 0 Å². The van der Waals surface area contributed by atoms with Crippen LogP contribution < -0.4 is 0 Å². The highest BCUT2D eigenvalue weighted by Crippen LogP contribution is 2.83. The van der Waals surface area contributed by atoms with E-state index >= 15 is 0 Å². The highest BCUT2D eigenvalue weighted by molar-refractivity contribution is 6.05. The average Bonchev–Trinajstić information content (AvgIpc) is 2.90. The summed E-state index contributed by atoms with van der Waals surface area (Å²) in [6.07, 6.45) is 1.77. The Morgan fingerprint density at radius 2 is 1.41 bits per heavy atom. The van der Waals surface area contributed by atoms with Crippen LogP contribution in [0.25, 0.3) is 0 Å². The summed E-state index contributed by atoms with van der Waals surface area (Å²) in [7, 11) is 0. The molecular weight excluding hydrogens is 290 g/mol. The highest BCUT2D eigenvalue weighted by Gasteiger charge is 2.90. The van der Waals surface area contributed by atoms with E-state index in [0.717, 1.165) is 6.08 Å². The fourth-order valence-corrected chi connectivity index (χ4v) is 4.88. The van der Waals surface area contributed by atoms with Gasteiger partial charge in [0.2, 0.25) is 6.20 Å². The van der Waals surface area contributed by atoms with Crippen molar-refractivity contribution in [3.05, 3.63) is 22.4 Å². The van der Waals surface area contributed by atoms with Crippen molar-refractivity contribution in [3.63, 3.8) is 0 Å². The number of carbonyl (C=O) groups is 2. The molecular formula is C15H23NO6. The van der Waals surface area contributed by atoms with Gasteiger partial charge in [-0.15, -0.1) is 0 Å². The zero-order valence-corrected chi connectivity index (χ0v) is 13.7. The topological polar surface area (TPSA) is 118 Å². The Labute approximate surface area is 129 Å². The minimum absolute atomic E-state index is 0.643. The number of hydrogen-bond acceptors (Lipinski definition) is 4. The molecule has 0 radical (unpaired) electrons. The van der Waals surface area contributed by atoms with Gasteiger partial charge in [0.1, 0.15) is 0 Å². The van der Waals surface area contributed by atoms with Crippen molar-refractivity contribution in [1.29, 1.82) is 0 Å². The maximum atomic E-state index is 11.9. The summed E-state index contributed by atoms with van der Waals surface area (Å²) in [5, 5.41) is 30.0. The molecule has 0 heterocycles. The van der Waals surface area contributed by atoms with Gasteiger partial charge in [0.25, 0.3) is 0 Å². The van der Waals surface area contributed by atoms with Gasteiger partial charge in [-0.1, -0.05) is 41.5 Å². The lowest BCUT2D eigenvalue weighted by Gasteiger charge is -2.44. The Morgan fingerprint density at radius 1 is 1.05 bits per heavy atom. The Bertz CT molecular complexity index is 521. The Kier molecular flexibility index (Phi) is 3.95. The largest absolute Gasteiger partial charge is 0.480 e. The van der Waals surface area contributed by atoms with Crippen molar-refractivity contribution in [2.45, 2.75) is 41.5 Å². The van der Waals surface area contributed by atoms with E-state index < -0.39 is 44.4 Å². The second-order valence-corrected chi connectivity index (χ2v) is 7.83. The summed E-state index contributed by atoms with van der Waals surface area (Å²) >= 11 is 0. The van der Waals surface area contributed by atoms with Crippen molar-refractivity contribution in [2.24, 2.45) is 27.6 Å². The lowest BCUT2D eigenvalue weighted by molar-refractivity contribution is -0.402. The van der Waals surface area contributed by atoms with E-state index in [1.165, 1.54) is 0 Å². The number of aliphatic carboxylic acids is 2. The third-order valence-corrected chi connectivity index (χ3v) is 4.91. The predicted octanol–water partition coefficient (Wildman–Crippen LogP) is 2.64. The molecule has 1 aliphatic rings. The van der Waals surface area contributed by atoms with Crippen LogP contribution in [-0.4, -0.2) is 27.1 Å². The zero-order chi connectivity index (χ0) is 17.7. The molecule has 2 N–H and O–H groups in total. The first kappa shape index (κ1) is 18.1. The molecule has 0 aromatic rings. The molecule has 1 aliphatic carbocycles. The van der Waals surface area contributed by atoms with E-state index in [4.69, 9.17) is 0 Å². The van der Waals surface area contributed by atoms with E-state index in [1.807, 2.05) is 0 Å². The van der Waals surface area contributed by atoms with Crippen LogP contribution in [0, 0.1) is 37.7 Å². The molecule has 0 saturated heterocycles. The molecule has 7 heteroatoms. The summed E-state index contributed by atoms with van der Waals surface area (Å²) in [6, 6.07) is 0. The number of rotatable bonds is 4. The molecule has 0 amide bonds. The minimum Gasteiger partial charge on any atom is -0.480 e. The summed E-state index contributed by atoms with van der Waals surface area (Å²) in [5.74, 6) is -3.87. The van der Waals surface area contributed by atoms with Crippen LogP contribution in [0.3, 0.4) is 0 Å². The van der Waals surface area contributed by atoms with Gasteiger partial charge >= 0.3 is 11.9 Å². The van der Waals surface area contributed by atoms with Crippen molar-refractivity contribution in [1.82, 2.24) is 0 Å². The lowest BCUT2D eigenvalue weighted by Crippen LogP contribution is -2.45. The third-order valence-electron chi connectivity index (χ3n) is 4.91. The predicted molar refractivity (Wildman–Crippen MR) is 78.7 cm³/mol. The number of nitro groups is 1. The van der Waals surface area contributed by atoms with E-state index in [-0.39, 0.29) is 0 Å². The zero-order valence-electron chi connectivity index (χ0n) is 13.7. The van der Waals surface area contributed by atoms with Gasteiger partial charge in [-0.2, -0.15) is 0 Å². The molecule has 1 atom stereocenters. The quantitative estimate of drug-likeness (QED) is 0.468. The Balaban J connectivity index is 3.75. The standard InChI is InChI=1S/C15H23NO6/c1-12(2,3)15(13(4,5)6)9(7-8-16(21)22)14(15,10(17)18)11(19)20/h7-9H,1-6H3,(H,17,18)(H,19,20)/b8-7+. The molecule has 1 rings (SSSR count). The van der Waals surface area contributed by atoms with Crippen molar-refractivity contribution >= 4 is 11.9 Å². The molecule has 1 fully saturated rings. The van der Waals surface area contributed by atoms with Crippen LogP contribution in [0.4, 0.5) is 0 Å². The van der Waals surface area contributed by atoms with Gasteiger partial charge in [-0.25, -0.2) is 0 Å². The smallest absolute Gasteiger partial charge is 0.322 e. The van der Waals surface area contributed by atoms with Crippen LogP contribution in [0.1, 0.15) is 41.5 Å². The maximum Gasteiger partial charge on any atom is 0.322 e. The Hall–Kier alpha value is -1.92. The van der Waals surface area contributed by atoms with Crippen LogP contribution in [0.15, 0.2) is 12.3 Å². The number of carboxylic acids is 2. The first-order valence-corrected chi connectivity index (χ1v) is 6.97. The summed E-state index contributed by atoms with van der Waals surface area (Å²) in [5.41, 5.74) is -4.60. The molecule has 0 aliphatic heterocycles. The molecule has 22 heavy (non-hydrogen) atoms. The van der Waals surface area contributed by atoms with E-state index in [2.05, 4.69) is 0 Å². The van der Waals surface area contributed by atoms with Crippen molar-refractivity contribution < 1.29 is 24.7 Å². The minimum atomic E-state index is -2.07. The molecule has 124 valence electrons. The fourth-order valence-electron chi connectivity index (χ4n) is 4.88. The number of carboxylic acid groups (broad SMARTS) is 2. The summed E-state index contributed by atoms with van der Waals surface area (Å²) in [4.78, 5) is 33.7. The number of nitrogens with zero attached hydrogens (tertiary/aromatic N) is 1. The second kappa shape index (κ2) is 4.79.